The first-order valence-corrected chi connectivity index (χ1v) is 8.57. The monoisotopic (exact) mass is 385 g/mol. The summed E-state index contributed by atoms with van der Waals surface area (Å²) in [5, 5.41) is 23.5. The number of hydrogen-bond donors (Lipinski definition) is 4. The van der Waals surface area contributed by atoms with E-state index in [1.54, 1.807) is 6.07 Å². The van der Waals surface area contributed by atoms with Gasteiger partial charge in [-0.05, 0) is 12.5 Å². The summed E-state index contributed by atoms with van der Waals surface area (Å²) in [4.78, 5) is 25.7. The van der Waals surface area contributed by atoms with Crippen molar-refractivity contribution in [1.29, 1.82) is 0 Å². The van der Waals surface area contributed by atoms with Gasteiger partial charge in [0.15, 0.2) is 0 Å². The lowest BCUT2D eigenvalue weighted by molar-refractivity contribution is -0.384. The lowest BCUT2D eigenvalue weighted by atomic mass is 10.2. The van der Waals surface area contributed by atoms with Gasteiger partial charge in [0.2, 0.25) is 17.0 Å². The SMILES string of the molecule is Nc1nc(SCC(=O)NCCCNc2ccc([N+](=O)[O-])cc2Cl)n[nH]1. The number of nitrogens with one attached hydrogen (secondary N) is 3. The van der Waals surface area contributed by atoms with Crippen molar-refractivity contribution in [1.82, 2.24) is 20.5 Å². The lowest BCUT2D eigenvalue weighted by Gasteiger charge is -2.08. The molecule has 0 aliphatic rings. The van der Waals surface area contributed by atoms with Crippen LogP contribution in [-0.4, -0.2) is 44.9 Å². The highest BCUT2D eigenvalue weighted by Crippen LogP contribution is 2.26. The van der Waals surface area contributed by atoms with Gasteiger partial charge in [-0.2, -0.15) is 4.98 Å². The molecule has 12 heteroatoms. The van der Waals surface area contributed by atoms with Gasteiger partial charge in [-0.25, -0.2) is 5.10 Å². The summed E-state index contributed by atoms with van der Waals surface area (Å²) >= 11 is 7.16. The van der Waals surface area contributed by atoms with Crippen LogP contribution in [0.4, 0.5) is 17.3 Å². The topological polar surface area (TPSA) is 152 Å². The number of carbonyl (C=O) groups is 1. The highest BCUT2D eigenvalue weighted by Gasteiger charge is 2.09. The van der Waals surface area contributed by atoms with Crippen LogP contribution in [0.2, 0.25) is 5.02 Å². The van der Waals surface area contributed by atoms with Gasteiger partial charge in [0, 0.05) is 25.2 Å². The Morgan fingerprint density at radius 2 is 2.24 bits per heavy atom. The molecule has 0 radical (unpaired) electrons. The first-order chi connectivity index (χ1) is 12.0. The number of nitrogen functional groups attached to an aromatic ring is 1. The van der Waals surface area contributed by atoms with E-state index in [-0.39, 0.29) is 28.3 Å². The van der Waals surface area contributed by atoms with Crippen LogP contribution < -0.4 is 16.4 Å². The maximum Gasteiger partial charge on any atom is 0.271 e. The minimum atomic E-state index is -0.504. The van der Waals surface area contributed by atoms with Gasteiger partial charge < -0.3 is 16.4 Å². The second-order valence-electron chi connectivity index (χ2n) is 4.84. The molecule has 0 atom stereocenters. The molecule has 0 aliphatic heterocycles. The van der Waals surface area contributed by atoms with Crippen LogP contribution in [0.15, 0.2) is 23.4 Å². The second-order valence-corrected chi connectivity index (χ2v) is 6.19. The third kappa shape index (κ3) is 6.12. The lowest BCUT2D eigenvalue weighted by Crippen LogP contribution is -2.27. The van der Waals surface area contributed by atoms with Crippen LogP contribution in [0.5, 0.6) is 0 Å². The summed E-state index contributed by atoms with van der Waals surface area (Å²) in [5.41, 5.74) is 5.93. The van der Waals surface area contributed by atoms with Crippen molar-refractivity contribution in [2.75, 3.05) is 29.9 Å². The van der Waals surface area contributed by atoms with Gasteiger partial charge in [-0.15, -0.1) is 5.10 Å². The molecule has 0 aliphatic carbocycles. The number of anilines is 2. The molecule has 1 heterocycles. The van der Waals surface area contributed by atoms with Crippen LogP contribution in [0.1, 0.15) is 6.42 Å². The smallest absolute Gasteiger partial charge is 0.271 e. The summed E-state index contributed by atoms with van der Waals surface area (Å²) in [6, 6.07) is 4.22. The number of nitrogens with zero attached hydrogens (tertiary/aromatic N) is 3. The number of hydrogen-bond acceptors (Lipinski definition) is 8. The average molecular weight is 386 g/mol. The third-order valence-electron chi connectivity index (χ3n) is 2.97. The van der Waals surface area contributed by atoms with Crippen molar-refractivity contribution in [3.05, 3.63) is 33.3 Å². The van der Waals surface area contributed by atoms with Gasteiger partial charge in [0.25, 0.3) is 5.69 Å². The molecule has 5 N–H and O–H groups in total. The maximum absolute atomic E-state index is 11.7. The molecule has 2 aromatic rings. The molecule has 2 rings (SSSR count). The van der Waals surface area contributed by atoms with Crippen molar-refractivity contribution in [3.63, 3.8) is 0 Å². The van der Waals surface area contributed by atoms with Crippen LogP contribution in [-0.2, 0) is 4.79 Å². The summed E-state index contributed by atoms with van der Waals surface area (Å²) in [7, 11) is 0. The van der Waals surface area contributed by atoms with Crippen molar-refractivity contribution >= 4 is 46.6 Å². The highest BCUT2D eigenvalue weighted by molar-refractivity contribution is 7.99. The zero-order chi connectivity index (χ0) is 18.2. The fraction of sp³-hybridized carbons (Fsp3) is 0.308. The fourth-order valence-electron chi connectivity index (χ4n) is 1.80. The zero-order valence-electron chi connectivity index (χ0n) is 13.0. The predicted octanol–water partition coefficient (Wildman–Crippen LogP) is 1.66. The Labute approximate surface area is 152 Å². The van der Waals surface area contributed by atoms with Gasteiger partial charge in [0.1, 0.15) is 0 Å². The van der Waals surface area contributed by atoms with Gasteiger partial charge in [-0.3, -0.25) is 14.9 Å². The number of thioether (sulfide) groups is 1. The second kappa shape index (κ2) is 9.08. The predicted molar refractivity (Wildman–Crippen MR) is 95.7 cm³/mol. The number of halogens is 1. The number of H-pyrrole nitrogens is 1. The first kappa shape index (κ1) is 18.8. The Morgan fingerprint density at radius 1 is 1.44 bits per heavy atom. The first-order valence-electron chi connectivity index (χ1n) is 7.21. The number of benzene rings is 1. The number of aromatic amines is 1. The Kier molecular flexibility index (Phi) is 6.83. The molecule has 25 heavy (non-hydrogen) atoms. The van der Waals surface area contributed by atoms with E-state index in [1.807, 2.05) is 0 Å². The van der Waals surface area contributed by atoms with E-state index in [2.05, 4.69) is 25.8 Å². The molecule has 1 aromatic heterocycles. The van der Waals surface area contributed by atoms with Crippen LogP contribution in [0.3, 0.4) is 0 Å². The molecule has 0 saturated heterocycles. The van der Waals surface area contributed by atoms with E-state index >= 15 is 0 Å². The van der Waals surface area contributed by atoms with E-state index in [0.29, 0.717) is 30.4 Å². The van der Waals surface area contributed by atoms with E-state index in [4.69, 9.17) is 17.3 Å². The van der Waals surface area contributed by atoms with E-state index < -0.39 is 4.92 Å². The van der Waals surface area contributed by atoms with Crippen LogP contribution in [0.25, 0.3) is 0 Å². The number of carbonyl (C=O) groups excluding carboxylic acids is 1. The number of nitro benzene ring substituents is 1. The molecule has 0 spiro atoms. The Hall–Kier alpha value is -2.53. The number of aromatic nitrogens is 3. The maximum atomic E-state index is 11.7. The third-order valence-corrected chi connectivity index (χ3v) is 4.13. The largest absolute Gasteiger partial charge is 0.384 e. The van der Waals surface area contributed by atoms with Crippen molar-refractivity contribution in [2.45, 2.75) is 11.6 Å². The molecule has 134 valence electrons. The molecular formula is C13H16ClN7O3S. The van der Waals surface area contributed by atoms with Crippen LogP contribution in [0, 0.1) is 10.1 Å². The highest BCUT2D eigenvalue weighted by atomic mass is 35.5. The number of rotatable bonds is 9. The minimum absolute atomic E-state index is 0.0616. The Balaban J connectivity index is 1.63. The van der Waals surface area contributed by atoms with Gasteiger partial charge in [0.05, 0.1) is 21.4 Å². The molecular weight excluding hydrogens is 370 g/mol. The molecule has 0 unspecified atom stereocenters. The summed E-state index contributed by atoms with van der Waals surface area (Å²) in [6.07, 6.45) is 0.664. The Bertz CT molecular complexity index is 755. The number of non-ortho nitro benzene ring substituents is 1. The van der Waals surface area contributed by atoms with Crippen molar-refractivity contribution in [3.8, 4) is 0 Å². The summed E-state index contributed by atoms with van der Waals surface area (Å²) in [5.74, 6) is 0.263. The fourth-order valence-corrected chi connectivity index (χ4v) is 2.68. The van der Waals surface area contributed by atoms with E-state index in [9.17, 15) is 14.9 Å². The summed E-state index contributed by atoms with van der Waals surface area (Å²) < 4.78 is 0. The molecule has 0 fully saturated rings. The number of amides is 1. The average Bonchev–Trinajstić information content (AvgIpc) is 2.99. The molecule has 0 bridgehead atoms. The van der Waals surface area contributed by atoms with Crippen LogP contribution >= 0.6 is 23.4 Å². The van der Waals surface area contributed by atoms with E-state index in [0.717, 1.165) is 0 Å². The van der Waals surface area contributed by atoms with Crippen molar-refractivity contribution in [2.24, 2.45) is 0 Å². The van der Waals surface area contributed by atoms with Crippen molar-refractivity contribution < 1.29 is 9.72 Å². The quantitative estimate of drug-likeness (QED) is 0.220. The standard InChI is InChI=1S/C13H16ClN7O3S/c14-9-6-8(21(23)24)2-3-10(9)16-4-1-5-17-11(22)7-25-13-18-12(15)19-20-13/h2-3,6,16H,1,4-5,7H2,(H,17,22)(H3,15,18,19,20). The molecule has 1 amide bonds. The minimum Gasteiger partial charge on any atom is -0.384 e. The normalized spacial score (nSPS) is 10.4. The molecule has 0 saturated carbocycles. The number of nitrogens with two attached hydrogens (primary N) is 1. The Morgan fingerprint density at radius 3 is 2.88 bits per heavy atom. The van der Waals surface area contributed by atoms with E-state index in [1.165, 1.54) is 23.9 Å². The van der Waals surface area contributed by atoms with Gasteiger partial charge >= 0.3 is 0 Å². The molecule has 1 aromatic carbocycles. The number of nitro groups is 1. The summed E-state index contributed by atoms with van der Waals surface area (Å²) in [6.45, 7) is 1.04. The molecule has 10 nitrogen and oxygen atoms in total. The van der Waals surface area contributed by atoms with Gasteiger partial charge in [-0.1, -0.05) is 23.4 Å². The zero-order valence-corrected chi connectivity index (χ0v) is 14.6.